The molecule has 1 aromatic heterocycles. The number of aromatic nitrogens is 2. The van der Waals surface area contributed by atoms with Crippen molar-refractivity contribution in [2.75, 3.05) is 25.9 Å². The summed E-state index contributed by atoms with van der Waals surface area (Å²) in [4.78, 5) is 35.5. The lowest BCUT2D eigenvalue weighted by Crippen LogP contribution is -2.40. The maximum atomic E-state index is 13.2. The highest BCUT2D eigenvalue weighted by molar-refractivity contribution is 5.91. The number of benzene rings is 1. The van der Waals surface area contributed by atoms with Crippen LogP contribution in [0.1, 0.15) is 30.5 Å². The van der Waals surface area contributed by atoms with Crippen LogP contribution in [0.3, 0.4) is 0 Å². The predicted octanol–water partition coefficient (Wildman–Crippen LogP) is 1.12. The summed E-state index contributed by atoms with van der Waals surface area (Å²) in [7, 11) is 2.00. The van der Waals surface area contributed by atoms with Crippen LogP contribution >= 0.6 is 0 Å². The molecule has 1 saturated heterocycles. The van der Waals surface area contributed by atoms with Crippen LogP contribution in [-0.2, 0) is 16.8 Å². The summed E-state index contributed by atoms with van der Waals surface area (Å²) < 4.78 is 0. The van der Waals surface area contributed by atoms with E-state index in [1.807, 2.05) is 30.1 Å². The number of hydrogen-bond donors (Lipinski definition) is 2. The number of carbonyl (C=O) groups excluding carboxylic acids is 1. The predicted molar refractivity (Wildman–Crippen MR) is 103 cm³/mol. The van der Waals surface area contributed by atoms with Crippen molar-refractivity contribution >= 4 is 11.9 Å². The zero-order valence-electron chi connectivity index (χ0n) is 15.5. The van der Waals surface area contributed by atoms with Crippen molar-refractivity contribution in [3.05, 3.63) is 58.0 Å². The highest BCUT2D eigenvalue weighted by Crippen LogP contribution is 2.50. The second kappa shape index (κ2) is 6.81. The van der Waals surface area contributed by atoms with Gasteiger partial charge in [0.25, 0.3) is 5.56 Å². The quantitative estimate of drug-likeness (QED) is 0.826. The lowest BCUT2D eigenvalue weighted by Gasteiger charge is -2.26. The van der Waals surface area contributed by atoms with Crippen molar-refractivity contribution in [3.63, 3.8) is 0 Å². The Bertz CT molecular complexity index is 891. The third-order valence-electron chi connectivity index (χ3n) is 5.78. The van der Waals surface area contributed by atoms with Gasteiger partial charge in [-0.15, -0.1) is 0 Å². The molecule has 0 unspecified atom stereocenters. The van der Waals surface area contributed by atoms with Gasteiger partial charge in [0.15, 0.2) is 0 Å². The first-order valence-corrected chi connectivity index (χ1v) is 9.39. The van der Waals surface area contributed by atoms with E-state index in [4.69, 9.17) is 5.73 Å². The number of likely N-dealkylation sites (tertiary alicyclic amines) is 1. The summed E-state index contributed by atoms with van der Waals surface area (Å²) >= 11 is 0. The van der Waals surface area contributed by atoms with Crippen LogP contribution in [0, 0.1) is 0 Å². The van der Waals surface area contributed by atoms with Crippen molar-refractivity contribution in [3.8, 4) is 0 Å². The van der Waals surface area contributed by atoms with Crippen molar-refractivity contribution in [2.45, 2.75) is 37.3 Å². The number of anilines is 1. The fourth-order valence-corrected chi connectivity index (χ4v) is 4.09. The lowest BCUT2D eigenvalue weighted by atomic mass is 9.94. The number of hydrogen-bond acceptors (Lipinski definition) is 5. The number of carbonyl (C=O) groups is 1. The fraction of sp³-hybridized carbons (Fsp3) is 0.450. The summed E-state index contributed by atoms with van der Waals surface area (Å²) in [6, 6.07) is 11.8. The van der Waals surface area contributed by atoms with Gasteiger partial charge in [-0.2, -0.15) is 0 Å². The number of nitrogens with two attached hydrogens (primary N) is 1. The molecule has 7 nitrogen and oxygen atoms in total. The van der Waals surface area contributed by atoms with E-state index < -0.39 is 0 Å². The van der Waals surface area contributed by atoms with Crippen LogP contribution in [0.5, 0.6) is 0 Å². The molecule has 1 amide bonds. The van der Waals surface area contributed by atoms with Gasteiger partial charge in [-0.25, -0.2) is 4.98 Å². The summed E-state index contributed by atoms with van der Waals surface area (Å²) in [5.41, 5.74) is 6.85. The number of likely N-dealkylation sites (N-methyl/N-ethyl adjacent to an activating group) is 1. The second-order valence-corrected chi connectivity index (χ2v) is 7.68. The minimum atomic E-state index is -0.308. The highest BCUT2D eigenvalue weighted by Gasteiger charge is 2.53. The summed E-state index contributed by atoms with van der Waals surface area (Å²) in [5, 5.41) is 0. The molecule has 0 spiro atoms. The Labute approximate surface area is 158 Å². The molecule has 1 aromatic carbocycles. The zero-order valence-corrected chi connectivity index (χ0v) is 15.5. The largest absolute Gasteiger partial charge is 0.369 e. The molecular formula is C20H25N5O2. The van der Waals surface area contributed by atoms with Gasteiger partial charge >= 0.3 is 0 Å². The van der Waals surface area contributed by atoms with E-state index in [0.29, 0.717) is 18.8 Å². The van der Waals surface area contributed by atoms with E-state index >= 15 is 0 Å². The molecular weight excluding hydrogens is 342 g/mol. The molecule has 2 aromatic rings. The third kappa shape index (κ3) is 3.47. The Hall–Kier alpha value is -2.67. The van der Waals surface area contributed by atoms with E-state index in [9.17, 15) is 9.59 Å². The van der Waals surface area contributed by atoms with Gasteiger partial charge in [0.05, 0.1) is 11.1 Å². The van der Waals surface area contributed by atoms with Crippen LogP contribution in [0.4, 0.5) is 5.95 Å². The fourth-order valence-electron chi connectivity index (χ4n) is 4.09. The van der Waals surface area contributed by atoms with Gasteiger partial charge in [-0.3, -0.25) is 19.5 Å². The monoisotopic (exact) mass is 367 g/mol. The number of rotatable bonds is 5. The third-order valence-corrected chi connectivity index (χ3v) is 5.78. The second-order valence-electron chi connectivity index (χ2n) is 7.68. The molecule has 4 rings (SSSR count). The molecule has 2 aliphatic rings. The number of aromatic amines is 1. The molecule has 1 saturated carbocycles. The molecule has 2 heterocycles. The van der Waals surface area contributed by atoms with Crippen LogP contribution in [0.2, 0.25) is 0 Å². The lowest BCUT2D eigenvalue weighted by molar-refractivity contribution is -0.133. The molecule has 1 aliphatic carbocycles. The Morgan fingerprint density at radius 3 is 2.78 bits per heavy atom. The first-order chi connectivity index (χ1) is 13.0. The van der Waals surface area contributed by atoms with Crippen LogP contribution in [0.25, 0.3) is 0 Å². The molecule has 0 bridgehead atoms. The Kier molecular flexibility index (Phi) is 4.47. The summed E-state index contributed by atoms with van der Waals surface area (Å²) in [5.74, 6) is 0.385. The van der Waals surface area contributed by atoms with Gasteiger partial charge in [-0.1, -0.05) is 30.3 Å². The van der Waals surface area contributed by atoms with E-state index in [-0.39, 0.29) is 28.9 Å². The molecule has 7 heteroatoms. The SMILES string of the molecule is CN(Cc1cc(=O)[nH]c(N)n1)[C@H]1CCN(C(=O)C2(c3ccccc3)CC2)C1. The first-order valence-electron chi connectivity index (χ1n) is 9.39. The highest BCUT2D eigenvalue weighted by atomic mass is 16.2. The van der Waals surface area contributed by atoms with E-state index in [1.165, 1.54) is 6.07 Å². The van der Waals surface area contributed by atoms with Gasteiger partial charge in [0.2, 0.25) is 11.9 Å². The number of H-pyrrole nitrogens is 1. The molecule has 142 valence electrons. The van der Waals surface area contributed by atoms with Crippen LogP contribution in [-0.4, -0.2) is 51.9 Å². The van der Waals surface area contributed by atoms with Crippen molar-refractivity contribution in [1.82, 2.24) is 19.8 Å². The van der Waals surface area contributed by atoms with Gasteiger partial charge < -0.3 is 10.6 Å². The molecule has 3 N–H and O–H groups in total. The first kappa shape index (κ1) is 17.7. The van der Waals surface area contributed by atoms with Gasteiger partial charge in [-0.05, 0) is 31.9 Å². The average molecular weight is 367 g/mol. The van der Waals surface area contributed by atoms with Crippen molar-refractivity contribution < 1.29 is 4.79 Å². The summed E-state index contributed by atoms with van der Waals surface area (Å²) in [6.45, 7) is 2.01. The maximum Gasteiger partial charge on any atom is 0.252 e. The molecule has 0 radical (unpaired) electrons. The van der Waals surface area contributed by atoms with E-state index in [0.717, 1.165) is 31.4 Å². The zero-order chi connectivity index (χ0) is 19.0. The molecule has 1 aliphatic heterocycles. The average Bonchev–Trinajstić information content (AvgIpc) is 3.30. The van der Waals surface area contributed by atoms with E-state index in [1.54, 1.807) is 0 Å². The number of nitrogens with one attached hydrogen (secondary N) is 1. The number of nitrogens with zero attached hydrogens (tertiary/aromatic N) is 3. The molecule has 2 fully saturated rings. The Morgan fingerprint density at radius 2 is 2.11 bits per heavy atom. The molecule has 1 atom stereocenters. The maximum absolute atomic E-state index is 13.2. The van der Waals surface area contributed by atoms with Gasteiger partial charge in [0.1, 0.15) is 0 Å². The van der Waals surface area contributed by atoms with Gasteiger partial charge in [0, 0.05) is 31.7 Å². The number of amides is 1. The van der Waals surface area contributed by atoms with E-state index in [2.05, 4.69) is 27.0 Å². The Morgan fingerprint density at radius 1 is 1.37 bits per heavy atom. The van der Waals surface area contributed by atoms with Crippen LogP contribution < -0.4 is 11.3 Å². The van der Waals surface area contributed by atoms with Crippen molar-refractivity contribution in [2.24, 2.45) is 0 Å². The normalized spacial score (nSPS) is 20.8. The van der Waals surface area contributed by atoms with Crippen LogP contribution in [0.15, 0.2) is 41.2 Å². The minimum absolute atomic E-state index is 0.132. The standard InChI is InChI=1S/C20H25N5O2/c1-24(12-15-11-17(26)23-19(21)22-15)16-7-10-25(13-16)18(27)20(8-9-20)14-5-3-2-4-6-14/h2-6,11,16H,7-10,12-13H2,1H3,(H3,21,22,23,26)/t16-/m0/s1. The minimum Gasteiger partial charge on any atom is -0.369 e. The number of nitrogen functional groups attached to an aromatic ring is 1. The summed E-state index contributed by atoms with van der Waals surface area (Å²) in [6.07, 6.45) is 2.79. The Balaban J connectivity index is 1.41. The molecule has 27 heavy (non-hydrogen) atoms. The van der Waals surface area contributed by atoms with Crippen molar-refractivity contribution in [1.29, 1.82) is 0 Å². The smallest absolute Gasteiger partial charge is 0.252 e. The topological polar surface area (TPSA) is 95.3 Å².